The molecule has 108 valence electrons. The number of likely N-dealkylation sites (tertiary alicyclic amines) is 1. The number of hydrogen-bond acceptors (Lipinski definition) is 3. The first kappa shape index (κ1) is 14.5. The number of rotatable bonds is 5. The predicted molar refractivity (Wildman–Crippen MR) is 72.3 cm³/mol. The minimum atomic E-state index is -0.357. The van der Waals surface area contributed by atoms with Gasteiger partial charge in [-0.3, -0.25) is 14.5 Å². The van der Waals surface area contributed by atoms with Crippen molar-refractivity contribution >= 4 is 11.8 Å². The van der Waals surface area contributed by atoms with E-state index >= 15 is 0 Å². The Labute approximate surface area is 115 Å². The van der Waals surface area contributed by atoms with Gasteiger partial charge in [-0.1, -0.05) is 26.7 Å². The summed E-state index contributed by atoms with van der Waals surface area (Å²) >= 11 is 0. The summed E-state index contributed by atoms with van der Waals surface area (Å²) in [4.78, 5) is 26.2. The Morgan fingerprint density at radius 1 is 1.26 bits per heavy atom. The van der Waals surface area contributed by atoms with E-state index in [0.29, 0.717) is 19.4 Å². The van der Waals surface area contributed by atoms with Crippen molar-refractivity contribution < 1.29 is 14.7 Å². The van der Waals surface area contributed by atoms with Gasteiger partial charge in [-0.15, -0.1) is 0 Å². The molecule has 1 spiro atoms. The lowest BCUT2D eigenvalue weighted by Crippen LogP contribution is -2.40. The van der Waals surface area contributed by atoms with Gasteiger partial charge >= 0.3 is 0 Å². The number of amides is 2. The van der Waals surface area contributed by atoms with Crippen molar-refractivity contribution in [3.05, 3.63) is 0 Å². The van der Waals surface area contributed by atoms with Crippen LogP contribution in [0.2, 0.25) is 0 Å². The number of nitrogens with zero attached hydrogens (tertiary/aromatic N) is 1. The normalized spacial score (nSPS) is 22.8. The third-order valence-corrected chi connectivity index (χ3v) is 4.65. The summed E-state index contributed by atoms with van der Waals surface area (Å²) in [5.74, 6) is 0.0658. The number of imide groups is 1. The molecule has 2 aliphatic rings. The highest BCUT2D eigenvalue weighted by atomic mass is 16.3. The van der Waals surface area contributed by atoms with Crippen molar-refractivity contribution in [2.24, 2.45) is 10.8 Å². The molecule has 0 unspecified atom stereocenters. The van der Waals surface area contributed by atoms with Crippen LogP contribution in [-0.2, 0) is 9.59 Å². The van der Waals surface area contributed by atoms with Crippen molar-refractivity contribution in [3.8, 4) is 0 Å². The second-order valence-electron chi connectivity index (χ2n) is 6.94. The molecule has 0 aromatic carbocycles. The van der Waals surface area contributed by atoms with Crippen molar-refractivity contribution in [1.29, 1.82) is 0 Å². The molecule has 1 saturated carbocycles. The molecule has 1 saturated heterocycles. The topological polar surface area (TPSA) is 57.6 Å². The first-order valence-electron chi connectivity index (χ1n) is 7.36. The maximum atomic E-state index is 12.5. The molecule has 0 bridgehead atoms. The highest BCUT2D eigenvalue weighted by Crippen LogP contribution is 2.47. The van der Waals surface area contributed by atoms with Gasteiger partial charge in [-0.2, -0.15) is 0 Å². The Bertz CT molecular complexity index is 370. The van der Waals surface area contributed by atoms with E-state index in [1.54, 1.807) is 0 Å². The molecule has 2 fully saturated rings. The van der Waals surface area contributed by atoms with E-state index in [-0.39, 0.29) is 29.3 Å². The molecule has 2 amide bonds. The molecule has 19 heavy (non-hydrogen) atoms. The first-order chi connectivity index (χ1) is 8.90. The van der Waals surface area contributed by atoms with Crippen molar-refractivity contribution in [2.75, 3.05) is 13.2 Å². The van der Waals surface area contributed by atoms with Gasteiger partial charge in [0.2, 0.25) is 11.8 Å². The van der Waals surface area contributed by atoms with Gasteiger partial charge < -0.3 is 5.11 Å². The molecule has 2 rings (SSSR count). The van der Waals surface area contributed by atoms with Crippen molar-refractivity contribution in [2.45, 2.75) is 58.8 Å². The molecule has 4 heteroatoms. The molecule has 4 nitrogen and oxygen atoms in total. The number of aliphatic hydroxyl groups excluding tert-OH is 1. The van der Waals surface area contributed by atoms with Gasteiger partial charge in [0.1, 0.15) is 0 Å². The summed E-state index contributed by atoms with van der Waals surface area (Å²) in [7, 11) is 0. The highest BCUT2D eigenvalue weighted by molar-refractivity contribution is 6.06. The van der Waals surface area contributed by atoms with Gasteiger partial charge in [-0.25, -0.2) is 0 Å². The maximum Gasteiger partial charge on any atom is 0.235 e. The van der Waals surface area contributed by atoms with Crippen molar-refractivity contribution in [3.63, 3.8) is 0 Å². The number of aliphatic hydroxyl groups is 1. The fourth-order valence-corrected chi connectivity index (χ4v) is 3.53. The molecule has 1 aliphatic carbocycles. The van der Waals surface area contributed by atoms with Crippen LogP contribution in [0.5, 0.6) is 0 Å². The molecule has 1 N–H and O–H groups in total. The molecule has 1 aliphatic heterocycles. The predicted octanol–water partition coefficient (Wildman–Crippen LogP) is 2.10. The summed E-state index contributed by atoms with van der Waals surface area (Å²) < 4.78 is 0. The quantitative estimate of drug-likeness (QED) is 0.776. The Balaban J connectivity index is 2.04. The van der Waals surface area contributed by atoms with E-state index in [4.69, 9.17) is 5.11 Å². The Kier molecular flexibility index (Phi) is 4.00. The molecule has 0 radical (unpaired) electrons. The van der Waals surface area contributed by atoms with Crippen LogP contribution in [0.3, 0.4) is 0 Å². The second kappa shape index (κ2) is 5.23. The molecule has 1 heterocycles. The average Bonchev–Trinajstić information content (AvgIpc) is 2.89. The van der Waals surface area contributed by atoms with E-state index in [2.05, 4.69) is 13.8 Å². The first-order valence-corrected chi connectivity index (χ1v) is 7.36. The van der Waals surface area contributed by atoms with Crippen LogP contribution >= 0.6 is 0 Å². The van der Waals surface area contributed by atoms with E-state index in [9.17, 15) is 9.59 Å². The molecular formula is C15H25NO3. The number of carbonyl (C=O) groups excluding carboxylic acids is 2. The molecule has 0 aromatic rings. The summed E-state index contributed by atoms with van der Waals surface area (Å²) in [5.41, 5.74) is -0.470. The lowest BCUT2D eigenvalue weighted by molar-refractivity contribution is -0.143. The monoisotopic (exact) mass is 267 g/mol. The van der Waals surface area contributed by atoms with E-state index in [1.807, 2.05) is 0 Å². The van der Waals surface area contributed by atoms with Crippen LogP contribution in [0.1, 0.15) is 58.8 Å². The lowest BCUT2D eigenvalue weighted by atomic mass is 9.84. The average molecular weight is 267 g/mol. The minimum absolute atomic E-state index is 0.00368. The second-order valence-corrected chi connectivity index (χ2v) is 6.94. The smallest absolute Gasteiger partial charge is 0.235 e. The van der Waals surface area contributed by atoms with E-state index in [0.717, 1.165) is 32.1 Å². The molecule has 0 atom stereocenters. The van der Waals surface area contributed by atoms with E-state index in [1.165, 1.54) is 4.90 Å². The zero-order chi connectivity index (χ0) is 14.1. The van der Waals surface area contributed by atoms with Gasteiger partial charge in [0.05, 0.1) is 5.41 Å². The SMILES string of the molecule is CC(C)(CCCO)CN1C(=O)CC2(CCCC2)C1=O. The summed E-state index contributed by atoms with van der Waals surface area (Å²) in [6, 6.07) is 0. The van der Waals surface area contributed by atoms with Crippen LogP contribution < -0.4 is 0 Å². The van der Waals surface area contributed by atoms with Crippen LogP contribution in [0, 0.1) is 10.8 Å². The zero-order valence-electron chi connectivity index (χ0n) is 12.1. The van der Waals surface area contributed by atoms with Crippen LogP contribution in [0.25, 0.3) is 0 Å². The van der Waals surface area contributed by atoms with Crippen molar-refractivity contribution in [1.82, 2.24) is 4.90 Å². The standard InChI is InChI=1S/C15H25NO3/c1-14(2,6-5-9-17)11-16-12(18)10-15(13(16)19)7-3-4-8-15/h17H,3-11H2,1-2H3. The summed E-state index contributed by atoms with van der Waals surface area (Å²) in [6.45, 7) is 4.77. The Hall–Kier alpha value is -0.900. The summed E-state index contributed by atoms with van der Waals surface area (Å²) in [5, 5.41) is 8.91. The van der Waals surface area contributed by atoms with Crippen LogP contribution in [0.15, 0.2) is 0 Å². The maximum absolute atomic E-state index is 12.5. The fourth-order valence-electron chi connectivity index (χ4n) is 3.53. The fraction of sp³-hybridized carbons (Fsp3) is 0.867. The van der Waals surface area contributed by atoms with Crippen LogP contribution in [0.4, 0.5) is 0 Å². The van der Waals surface area contributed by atoms with Gasteiger partial charge in [0.15, 0.2) is 0 Å². The van der Waals surface area contributed by atoms with E-state index < -0.39 is 0 Å². The molecule has 0 aromatic heterocycles. The number of hydrogen-bond donors (Lipinski definition) is 1. The number of carbonyl (C=O) groups is 2. The van der Waals surface area contributed by atoms with Crippen LogP contribution in [-0.4, -0.2) is 35.0 Å². The van der Waals surface area contributed by atoms with Gasteiger partial charge in [0, 0.05) is 19.6 Å². The third-order valence-electron chi connectivity index (χ3n) is 4.65. The van der Waals surface area contributed by atoms with Gasteiger partial charge in [-0.05, 0) is 31.1 Å². The third kappa shape index (κ3) is 2.83. The summed E-state index contributed by atoms with van der Waals surface area (Å²) in [6.07, 6.45) is 5.86. The zero-order valence-corrected chi connectivity index (χ0v) is 12.1. The lowest BCUT2D eigenvalue weighted by Gasteiger charge is -2.30. The highest BCUT2D eigenvalue weighted by Gasteiger charge is 2.53. The van der Waals surface area contributed by atoms with Gasteiger partial charge in [0.25, 0.3) is 0 Å². The Morgan fingerprint density at radius 2 is 1.89 bits per heavy atom. The largest absolute Gasteiger partial charge is 0.396 e. The molecular weight excluding hydrogens is 242 g/mol. The Morgan fingerprint density at radius 3 is 2.47 bits per heavy atom. The minimum Gasteiger partial charge on any atom is -0.396 e.